The Balaban J connectivity index is 2.08. The van der Waals surface area contributed by atoms with E-state index >= 15 is 0 Å². The van der Waals surface area contributed by atoms with Crippen molar-refractivity contribution in [1.82, 2.24) is 9.55 Å². The van der Waals surface area contributed by atoms with Gasteiger partial charge in [-0.1, -0.05) is 0 Å². The molecule has 0 aliphatic carbocycles. The number of fused-ring (bicyclic) bond motifs is 1. The summed E-state index contributed by atoms with van der Waals surface area (Å²) in [5.41, 5.74) is 1.10. The van der Waals surface area contributed by atoms with Crippen LogP contribution >= 0.6 is 0 Å². The number of pyridine rings is 1. The molecule has 0 aromatic carbocycles. The molecule has 0 unspecified atom stereocenters. The predicted molar refractivity (Wildman–Crippen MR) is 118 cm³/mol. The molecule has 1 fully saturated rings. The van der Waals surface area contributed by atoms with Gasteiger partial charge in [-0.15, -0.1) is 0 Å². The van der Waals surface area contributed by atoms with Crippen LogP contribution in [-0.4, -0.2) is 58.0 Å². The summed E-state index contributed by atoms with van der Waals surface area (Å²) in [4.78, 5) is 29.2. The number of aromatic nitrogens is 2. The summed E-state index contributed by atoms with van der Waals surface area (Å²) in [6.07, 6.45) is 4.06. The zero-order valence-corrected chi connectivity index (χ0v) is 18.8. The zero-order valence-electron chi connectivity index (χ0n) is 18.8. The van der Waals surface area contributed by atoms with Crippen LogP contribution in [0.25, 0.3) is 11.0 Å². The Morgan fingerprint density at radius 3 is 2.77 bits per heavy atom. The molecule has 9 nitrogen and oxygen atoms in total. The Morgan fingerprint density at radius 1 is 1.45 bits per heavy atom. The smallest absolute Gasteiger partial charge is 0.356 e. The van der Waals surface area contributed by atoms with Crippen LogP contribution < -0.4 is 10.6 Å². The summed E-state index contributed by atoms with van der Waals surface area (Å²) < 4.78 is 12.6. The highest BCUT2D eigenvalue weighted by Gasteiger charge is 2.28. The first-order chi connectivity index (χ1) is 14.6. The highest BCUT2D eigenvalue weighted by molar-refractivity contribution is 6.10. The number of carbonyl (C=O) groups is 2. The molecule has 170 valence electrons. The summed E-state index contributed by atoms with van der Waals surface area (Å²) in [7, 11) is 1.31. The maximum absolute atomic E-state index is 12.7. The molecule has 0 spiro atoms. The molecular formula is C22H32N4O5. The number of esters is 1. The SMILES string of the molecule is COC(=O)c1c(NC(C)=O)c2cc(N[C@@H](C)CC(C)(C)O)cnc2n1C[C@@H]1CCCO1. The average Bonchev–Trinajstić information content (AvgIpc) is 3.26. The topological polar surface area (TPSA) is 115 Å². The molecule has 1 amide bonds. The summed E-state index contributed by atoms with van der Waals surface area (Å²) >= 11 is 0. The van der Waals surface area contributed by atoms with E-state index in [1.54, 1.807) is 24.6 Å². The maximum Gasteiger partial charge on any atom is 0.356 e. The Labute approximate surface area is 182 Å². The minimum absolute atomic E-state index is 0.0162. The van der Waals surface area contributed by atoms with Crippen LogP contribution in [-0.2, 0) is 20.8 Å². The van der Waals surface area contributed by atoms with Crippen molar-refractivity contribution in [1.29, 1.82) is 0 Å². The van der Waals surface area contributed by atoms with Crippen LogP contribution in [0.15, 0.2) is 12.3 Å². The number of amides is 1. The molecule has 1 aliphatic rings. The molecule has 1 saturated heterocycles. The minimum atomic E-state index is -0.812. The Morgan fingerprint density at radius 2 is 2.19 bits per heavy atom. The maximum atomic E-state index is 12.7. The van der Waals surface area contributed by atoms with Gasteiger partial charge in [0, 0.05) is 25.0 Å². The van der Waals surface area contributed by atoms with Gasteiger partial charge in [-0.3, -0.25) is 4.79 Å². The van der Waals surface area contributed by atoms with E-state index in [1.807, 2.05) is 13.0 Å². The van der Waals surface area contributed by atoms with Crippen LogP contribution in [0.4, 0.5) is 11.4 Å². The Bertz CT molecular complexity index is 957. The number of rotatable bonds is 8. The Kier molecular flexibility index (Phi) is 6.86. The van der Waals surface area contributed by atoms with Crippen molar-refractivity contribution in [3.8, 4) is 0 Å². The fourth-order valence-electron chi connectivity index (χ4n) is 4.17. The second-order valence-electron chi connectivity index (χ2n) is 8.80. The third-order valence-corrected chi connectivity index (χ3v) is 5.21. The third-order valence-electron chi connectivity index (χ3n) is 5.21. The molecule has 0 radical (unpaired) electrons. The summed E-state index contributed by atoms with van der Waals surface area (Å²) in [6.45, 7) is 8.02. The van der Waals surface area contributed by atoms with E-state index in [9.17, 15) is 14.7 Å². The second kappa shape index (κ2) is 9.23. The Hall–Kier alpha value is -2.65. The van der Waals surface area contributed by atoms with Crippen LogP contribution in [0.2, 0.25) is 0 Å². The number of aliphatic hydroxyl groups is 1. The molecule has 9 heteroatoms. The molecule has 0 saturated carbocycles. The molecular weight excluding hydrogens is 400 g/mol. The van der Waals surface area contributed by atoms with E-state index in [2.05, 4.69) is 15.6 Å². The monoisotopic (exact) mass is 432 g/mol. The van der Waals surface area contributed by atoms with Crippen LogP contribution in [0.1, 0.15) is 57.4 Å². The van der Waals surface area contributed by atoms with Crippen molar-refractivity contribution in [3.05, 3.63) is 18.0 Å². The largest absolute Gasteiger partial charge is 0.464 e. The summed E-state index contributed by atoms with van der Waals surface area (Å²) in [6, 6.07) is 1.84. The van der Waals surface area contributed by atoms with Gasteiger partial charge in [-0.25, -0.2) is 9.78 Å². The predicted octanol–water partition coefficient (Wildman–Crippen LogP) is 2.92. The molecule has 3 rings (SSSR count). The number of anilines is 2. The standard InChI is InChI=1S/C22H32N4O5/c1-13(10-22(3,4)29)24-15-9-17-18(25-14(2)27)19(21(28)30-5)26(20(17)23-11-15)12-16-7-6-8-31-16/h9,11,13,16,24,29H,6-8,10,12H2,1-5H3,(H,25,27)/t13-,16-/m0/s1. The third kappa shape index (κ3) is 5.54. The molecule has 2 aromatic rings. The highest BCUT2D eigenvalue weighted by atomic mass is 16.5. The molecule has 3 heterocycles. The molecule has 31 heavy (non-hydrogen) atoms. The number of carbonyl (C=O) groups excluding carboxylic acids is 2. The number of ether oxygens (including phenoxy) is 2. The first kappa shape index (κ1) is 23.0. The van der Waals surface area contributed by atoms with E-state index in [0.717, 1.165) is 18.5 Å². The average molecular weight is 433 g/mol. The zero-order chi connectivity index (χ0) is 22.8. The fourth-order valence-corrected chi connectivity index (χ4v) is 4.17. The lowest BCUT2D eigenvalue weighted by Gasteiger charge is -2.23. The quantitative estimate of drug-likeness (QED) is 0.550. The van der Waals surface area contributed by atoms with E-state index < -0.39 is 11.6 Å². The van der Waals surface area contributed by atoms with Gasteiger partial charge in [0.2, 0.25) is 5.91 Å². The van der Waals surface area contributed by atoms with E-state index in [0.29, 0.717) is 36.3 Å². The van der Waals surface area contributed by atoms with E-state index in [-0.39, 0.29) is 23.7 Å². The first-order valence-corrected chi connectivity index (χ1v) is 10.6. The number of nitrogens with one attached hydrogen (secondary N) is 2. The molecule has 0 bridgehead atoms. The van der Waals surface area contributed by atoms with Gasteiger partial charge in [-0.05, 0) is 46.1 Å². The van der Waals surface area contributed by atoms with Crippen molar-refractivity contribution in [2.24, 2.45) is 0 Å². The number of hydrogen-bond donors (Lipinski definition) is 3. The summed E-state index contributed by atoms with van der Waals surface area (Å²) in [5.74, 6) is -0.847. The van der Waals surface area contributed by atoms with Gasteiger partial charge in [0.25, 0.3) is 0 Å². The van der Waals surface area contributed by atoms with Gasteiger partial charge >= 0.3 is 5.97 Å². The van der Waals surface area contributed by atoms with Gasteiger partial charge in [0.15, 0.2) is 5.69 Å². The van der Waals surface area contributed by atoms with Gasteiger partial charge in [-0.2, -0.15) is 0 Å². The van der Waals surface area contributed by atoms with Gasteiger partial charge in [0.1, 0.15) is 5.65 Å². The second-order valence-corrected chi connectivity index (χ2v) is 8.80. The number of nitrogens with zero attached hydrogens (tertiary/aromatic N) is 2. The normalized spacial score (nSPS) is 17.5. The van der Waals surface area contributed by atoms with Crippen molar-refractivity contribution in [3.63, 3.8) is 0 Å². The lowest BCUT2D eigenvalue weighted by atomic mass is 10.0. The van der Waals surface area contributed by atoms with Crippen molar-refractivity contribution >= 4 is 34.3 Å². The molecule has 3 N–H and O–H groups in total. The molecule has 2 aromatic heterocycles. The number of methoxy groups -OCH3 is 1. The van der Waals surface area contributed by atoms with Crippen molar-refractivity contribution < 1.29 is 24.2 Å². The lowest BCUT2D eigenvalue weighted by molar-refractivity contribution is -0.114. The summed E-state index contributed by atoms with van der Waals surface area (Å²) in [5, 5.41) is 16.8. The van der Waals surface area contributed by atoms with Gasteiger partial charge < -0.3 is 29.8 Å². The highest BCUT2D eigenvalue weighted by Crippen LogP contribution is 2.34. The van der Waals surface area contributed by atoms with Crippen LogP contribution in [0, 0.1) is 0 Å². The van der Waals surface area contributed by atoms with Crippen molar-refractivity contribution in [2.45, 2.75) is 71.2 Å². The number of hydrogen-bond acceptors (Lipinski definition) is 7. The minimum Gasteiger partial charge on any atom is -0.464 e. The fraction of sp³-hybridized carbons (Fsp3) is 0.591. The first-order valence-electron chi connectivity index (χ1n) is 10.6. The molecule has 2 atom stereocenters. The van der Waals surface area contributed by atoms with Gasteiger partial charge in [0.05, 0.1) is 42.9 Å². The van der Waals surface area contributed by atoms with Crippen molar-refractivity contribution in [2.75, 3.05) is 24.4 Å². The van der Waals surface area contributed by atoms with Crippen LogP contribution in [0.3, 0.4) is 0 Å². The molecule has 1 aliphatic heterocycles. The van der Waals surface area contributed by atoms with E-state index in [4.69, 9.17) is 9.47 Å². The lowest BCUT2D eigenvalue weighted by Crippen LogP contribution is -2.29. The van der Waals surface area contributed by atoms with Crippen LogP contribution in [0.5, 0.6) is 0 Å². The van der Waals surface area contributed by atoms with E-state index in [1.165, 1.54) is 14.0 Å².